The van der Waals surface area contributed by atoms with E-state index in [1.807, 2.05) is 0 Å². The smallest absolute Gasteiger partial charge is 0.325 e. The molecule has 1 aromatic carbocycles. The van der Waals surface area contributed by atoms with Crippen LogP contribution in [0.25, 0.3) is 0 Å². The summed E-state index contributed by atoms with van der Waals surface area (Å²) in [7, 11) is 0. The van der Waals surface area contributed by atoms with Crippen molar-refractivity contribution >= 4 is 45.9 Å². The van der Waals surface area contributed by atoms with E-state index in [1.54, 1.807) is 24.3 Å². The van der Waals surface area contributed by atoms with Crippen molar-refractivity contribution in [1.82, 2.24) is 15.5 Å². The highest BCUT2D eigenvalue weighted by atomic mass is 32.2. The maximum absolute atomic E-state index is 11.9. The topological polar surface area (TPSA) is 114 Å². The molecule has 3 amide bonds. The summed E-state index contributed by atoms with van der Waals surface area (Å²) >= 11 is 2.52. The van der Waals surface area contributed by atoms with E-state index in [0.717, 1.165) is 0 Å². The molecule has 1 aromatic heterocycles. The number of fused-ring (bicyclic) bond motifs is 1. The van der Waals surface area contributed by atoms with Gasteiger partial charge in [-0.25, -0.2) is 4.79 Å². The number of carbonyl (C=O) groups excluding carboxylic acids is 2. The molecule has 1 aliphatic heterocycles. The maximum atomic E-state index is 11.9. The summed E-state index contributed by atoms with van der Waals surface area (Å²) in [5, 5.41) is 16.4. The second-order valence-corrected chi connectivity index (χ2v) is 7.10. The molecular formula is C15H15N5O4S2. The number of urea groups is 1. The van der Waals surface area contributed by atoms with Gasteiger partial charge in [-0.2, -0.15) is 0 Å². The number of ether oxygens (including phenoxy) is 2. The fourth-order valence-electron chi connectivity index (χ4n) is 1.93. The zero-order valence-corrected chi connectivity index (χ0v) is 15.1. The number of imide groups is 1. The predicted molar refractivity (Wildman–Crippen MR) is 99.0 cm³/mol. The molecule has 2 aromatic rings. The number of carbonyl (C=O) groups is 2. The van der Waals surface area contributed by atoms with Gasteiger partial charge in [0.05, 0.1) is 5.75 Å². The van der Waals surface area contributed by atoms with Gasteiger partial charge >= 0.3 is 6.03 Å². The third-order valence-electron chi connectivity index (χ3n) is 3.01. The molecule has 136 valence electrons. The van der Waals surface area contributed by atoms with Crippen molar-refractivity contribution in [3.8, 4) is 11.5 Å². The molecule has 2 heterocycles. The molecule has 0 unspecified atom stereocenters. The van der Waals surface area contributed by atoms with Crippen LogP contribution in [0, 0.1) is 0 Å². The Bertz CT molecular complexity index is 826. The van der Waals surface area contributed by atoms with Gasteiger partial charge < -0.3 is 20.1 Å². The van der Waals surface area contributed by atoms with Crippen LogP contribution in [-0.4, -0.2) is 41.2 Å². The van der Waals surface area contributed by atoms with Crippen LogP contribution in [0.3, 0.4) is 0 Å². The number of anilines is 2. The van der Waals surface area contributed by atoms with Crippen LogP contribution >= 0.6 is 23.1 Å². The van der Waals surface area contributed by atoms with Crippen molar-refractivity contribution in [2.45, 2.75) is 4.34 Å². The van der Waals surface area contributed by atoms with Crippen LogP contribution in [0.15, 0.2) is 35.2 Å². The zero-order valence-electron chi connectivity index (χ0n) is 13.5. The molecule has 0 aliphatic carbocycles. The molecule has 0 spiro atoms. The van der Waals surface area contributed by atoms with E-state index in [4.69, 9.17) is 9.47 Å². The Morgan fingerprint density at radius 1 is 1.31 bits per heavy atom. The molecule has 0 saturated carbocycles. The van der Waals surface area contributed by atoms with Crippen LogP contribution in [0.2, 0.25) is 0 Å². The van der Waals surface area contributed by atoms with Gasteiger partial charge in [-0.05, 0) is 12.1 Å². The summed E-state index contributed by atoms with van der Waals surface area (Å²) in [4.78, 5) is 23.8. The SMILES string of the molecule is C=CCNc1nnc(SCC(=O)NC(=O)Nc2ccc3c(c2)OCO3)s1. The quantitative estimate of drug-likeness (QED) is 0.485. The zero-order chi connectivity index (χ0) is 18.4. The Morgan fingerprint density at radius 3 is 3.00 bits per heavy atom. The number of benzene rings is 1. The van der Waals surface area contributed by atoms with Gasteiger partial charge in [0.25, 0.3) is 0 Å². The summed E-state index contributed by atoms with van der Waals surface area (Å²) in [5.41, 5.74) is 0.495. The molecule has 26 heavy (non-hydrogen) atoms. The Hall–Kier alpha value is -2.79. The molecule has 3 N–H and O–H groups in total. The molecule has 1 aliphatic rings. The van der Waals surface area contributed by atoms with E-state index in [9.17, 15) is 9.59 Å². The van der Waals surface area contributed by atoms with Gasteiger partial charge in [-0.15, -0.1) is 16.8 Å². The molecule has 0 radical (unpaired) electrons. The molecule has 9 nitrogen and oxygen atoms in total. The number of hydrogen-bond donors (Lipinski definition) is 3. The molecule has 3 rings (SSSR count). The fourth-order valence-corrected chi connectivity index (χ4v) is 3.48. The van der Waals surface area contributed by atoms with E-state index in [0.29, 0.717) is 33.2 Å². The number of aromatic nitrogens is 2. The number of nitrogens with zero attached hydrogens (tertiary/aromatic N) is 2. The molecule has 11 heteroatoms. The summed E-state index contributed by atoms with van der Waals surface area (Å²) < 4.78 is 11.1. The normalized spacial score (nSPS) is 11.7. The third-order valence-corrected chi connectivity index (χ3v) is 5.03. The summed E-state index contributed by atoms with van der Waals surface area (Å²) in [6, 6.07) is 4.34. The van der Waals surface area contributed by atoms with Gasteiger partial charge in [0, 0.05) is 18.3 Å². The van der Waals surface area contributed by atoms with Gasteiger partial charge in [-0.3, -0.25) is 10.1 Å². The standard InChI is InChI=1S/C15H15N5O4S2/c1-2-5-16-14-19-20-15(26-14)25-7-12(21)18-13(22)17-9-3-4-10-11(6-9)24-8-23-10/h2-4,6H,1,5,7-8H2,(H,16,19)(H2,17,18,21,22). The van der Waals surface area contributed by atoms with E-state index < -0.39 is 11.9 Å². The predicted octanol–water partition coefficient (Wildman–Crippen LogP) is 2.31. The van der Waals surface area contributed by atoms with Gasteiger partial charge in [-0.1, -0.05) is 29.2 Å². The minimum Gasteiger partial charge on any atom is -0.454 e. The van der Waals surface area contributed by atoms with Gasteiger partial charge in [0.1, 0.15) is 0 Å². The fraction of sp³-hybridized carbons (Fsp3) is 0.200. The third kappa shape index (κ3) is 4.86. The first-order valence-corrected chi connectivity index (χ1v) is 9.26. The van der Waals surface area contributed by atoms with Gasteiger partial charge in [0.2, 0.25) is 17.8 Å². The minimum absolute atomic E-state index is 0.0463. The Morgan fingerprint density at radius 2 is 2.15 bits per heavy atom. The van der Waals surface area contributed by atoms with Crippen molar-refractivity contribution in [2.24, 2.45) is 0 Å². The highest BCUT2D eigenvalue weighted by Gasteiger charge is 2.15. The average Bonchev–Trinajstić information content (AvgIpc) is 3.26. The van der Waals surface area contributed by atoms with Crippen molar-refractivity contribution in [3.63, 3.8) is 0 Å². The second kappa shape index (κ2) is 8.54. The molecule has 0 bridgehead atoms. The highest BCUT2D eigenvalue weighted by molar-refractivity contribution is 8.01. The highest BCUT2D eigenvalue weighted by Crippen LogP contribution is 2.34. The van der Waals surface area contributed by atoms with Crippen LogP contribution in [0.4, 0.5) is 15.6 Å². The Labute approximate surface area is 157 Å². The molecular weight excluding hydrogens is 378 g/mol. The molecule has 0 saturated heterocycles. The maximum Gasteiger partial charge on any atom is 0.325 e. The van der Waals surface area contributed by atoms with Crippen LogP contribution < -0.4 is 25.4 Å². The summed E-state index contributed by atoms with van der Waals surface area (Å²) in [6.45, 7) is 4.33. The van der Waals surface area contributed by atoms with E-state index in [2.05, 4.69) is 32.7 Å². The lowest BCUT2D eigenvalue weighted by atomic mass is 10.3. The number of amides is 3. The number of nitrogens with one attached hydrogen (secondary N) is 3. The lowest BCUT2D eigenvalue weighted by Crippen LogP contribution is -2.35. The van der Waals surface area contributed by atoms with Crippen molar-refractivity contribution in [3.05, 3.63) is 30.9 Å². The largest absolute Gasteiger partial charge is 0.454 e. The lowest BCUT2D eigenvalue weighted by Gasteiger charge is -2.07. The first-order chi connectivity index (χ1) is 12.6. The average molecular weight is 393 g/mol. The van der Waals surface area contributed by atoms with Crippen molar-refractivity contribution < 1.29 is 19.1 Å². The molecule has 0 atom stereocenters. The number of rotatable bonds is 7. The Balaban J connectivity index is 1.43. The van der Waals surface area contributed by atoms with Crippen LogP contribution in [-0.2, 0) is 4.79 Å². The van der Waals surface area contributed by atoms with Crippen LogP contribution in [0.1, 0.15) is 0 Å². The second-order valence-electron chi connectivity index (χ2n) is 4.90. The Kier molecular flexibility index (Phi) is 5.92. The molecule has 0 fully saturated rings. The van der Waals surface area contributed by atoms with Crippen LogP contribution in [0.5, 0.6) is 11.5 Å². The van der Waals surface area contributed by atoms with E-state index >= 15 is 0 Å². The van der Waals surface area contributed by atoms with E-state index in [1.165, 1.54) is 23.1 Å². The van der Waals surface area contributed by atoms with Crippen molar-refractivity contribution in [1.29, 1.82) is 0 Å². The first kappa shape index (κ1) is 18.0. The van der Waals surface area contributed by atoms with Gasteiger partial charge in [0.15, 0.2) is 15.8 Å². The number of thioether (sulfide) groups is 1. The van der Waals surface area contributed by atoms with E-state index in [-0.39, 0.29) is 12.5 Å². The number of hydrogen-bond acceptors (Lipinski definition) is 9. The first-order valence-electron chi connectivity index (χ1n) is 7.45. The summed E-state index contributed by atoms with van der Waals surface area (Å²) in [5.74, 6) is 0.762. The lowest BCUT2D eigenvalue weighted by molar-refractivity contribution is -0.117. The monoisotopic (exact) mass is 393 g/mol. The summed E-state index contributed by atoms with van der Waals surface area (Å²) in [6.07, 6.45) is 1.71. The van der Waals surface area contributed by atoms with Crippen molar-refractivity contribution in [2.75, 3.05) is 29.7 Å². The minimum atomic E-state index is -0.625.